The van der Waals surface area contributed by atoms with Crippen molar-refractivity contribution in [2.75, 3.05) is 13.1 Å². The summed E-state index contributed by atoms with van der Waals surface area (Å²) >= 11 is 0. The highest BCUT2D eigenvalue weighted by molar-refractivity contribution is 5.94. The predicted octanol–water partition coefficient (Wildman–Crippen LogP) is 2.32. The number of benzene rings is 1. The Morgan fingerprint density at radius 3 is 2.38 bits per heavy atom. The first-order chi connectivity index (χ1) is 9.76. The topological polar surface area (TPSA) is 41.6 Å². The molecule has 0 aliphatic carbocycles. The predicted molar refractivity (Wildman–Crippen MR) is 82.1 cm³/mol. The normalized spacial score (nSPS) is 23.0. The molecule has 0 atom stereocenters. The second-order valence-corrected chi connectivity index (χ2v) is 7.37. The van der Waals surface area contributed by atoms with Crippen LogP contribution < -0.4 is 5.32 Å². The zero-order valence-electron chi connectivity index (χ0n) is 13.3. The molecular formula is C17H24N2O2. The summed E-state index contributed by atoms with van der Waals surface area (Å²) in [5.41, 5.74) is 2.71. The van der Waals surface area contributed by atoms with Gasteiger partial charge in [0.05, 0.1) is 11.2 Å². The summed E-state index contributed by atoms with van der Waals surface area (Å²) in [5, 5.41) is 3.31. The Morgan fingerprint density at radius 2 is 1.71 bits per heavy atom. The van der Waals surface area contributed by atoms with E-state index in [1.807, 2.05) is 44.7 Å². The third-order valence-corrected chi connectivity index (χ3v) is 4.07. The van der Waals surface area contributed by atoms with Crippen molar-refractivity contribution in [2.24, 2.45) is 0 Å². The third kappa shape index (κ3) is 2.97. The number of carbonyl (C=O) groups excluding carboxylic acids is 1. The second kappa shape index (κ2) is 4.82. The molecule has 0 unspecified atom stereocenters. The lowest BCUT2D eigenvalue weighted by molar-refractivity contribution is -0.171. The number of fused-ring (bicyclic) bond motifs is 1. The highest BCUT2D eigenvalue weighted by Crippen LogP contribution is 2.29. The van der Waals surface area contributed by atoms with E-state index >= 15 is 0 Å². The van der Waals surface area contributed by atoms with Crippen molar-refractivity contribution in [1.29, 1.82) is 0 Å². The van der Waals surface area contributed by atoms with E-state index in [2.05, 4.69) is 11.4 Å². The minimum atomic E-state index is -0.310. The zero-order valence-corrected chi connectivity index (χ0v) is 13.3. The van der Waals surface area contributed by atoms with Crippen LogP contribution in [0, 0.1) is 0 Å². The number of hydrogen-bond donors (Lipinski definition) is 1. The molecule has 2 aliphatic heterocycles. The molecule has 1 saturated heterocycles. The van der Waals surface area contributed by atoms with E-state index in [0.717, 1.165) is 18.7 Å². The van der Waals surface area contributed by atoms with Gasteiger partial charge in [0.15, 0.2) is 0 Å². The fourth-order valence-electron chi connectivity index (χ4n) is 3.54. The van der Waals surface area contributed by atoms with E-state index in [4.69, 9.17) is 4.74 Å². The third-order valence-electron chi connectivity index (χ3n) is 4.07. The van der Waals surface area contributed by atoms with Crippen molar-refractivity contribution in [3.63, 3.8) is 0 Å². The molecule has 2 heterocycles. The maximum Gasteiger partial charge on any atom is 0.254 e. The summed E-state index contributed by atoms with van der Waals surface area (Å²) in [5.74, 6) is 0.106. The van der Waals surface area contributed by atoms with Gasteiger partial charge >= 0.3 is 0 Å². The van der Waals surface area contributed by atoms with Crippen molar-refractivity contribution in [2.45, 2.75) is 52.0 Å². The van der Waals surface area contributed by atoms with E-state index < -0.39 is 0 Å². The fourth-order valence-corrected chi connectivity index (χ4v) is 3.54. The Labute approximate surface area is 126 Å². The van der Waals surface area contributed by atoms with Crippen LogP contribution in [0.5, 0.6) is 0 Å². The van der Waals surface area contributed by atoms with Gasteiger partial charge in [0.2, 0.25) is 0 Å². The number of nitrogens with zero attached hydrogens (tertiary/aromatic N) is 1. The van der Waals surface area contributed by atoms with Gasteiger partial charge in [-0.05, 0) is 51.0 Å². The first-order valence-electron chi connectivity index (χ1n) is 7.58. The number of amides is 1. The Balaban J connectivity index is 1.84. The van der Waals surface area contributed by atoms with Crippen molar-refractivity contribution < 1.29 is 9.53 Å². The monoisotopic (exact) mass is 288 g/mol. The summed E-state index contributed by atoms with van der Waals surface area (Å²) in [6, 6.07) is 6.05. The number of ether oxygens (including phenoxy) is 1. The summed E-state index contributed by atoms with van der Waals surface area (Å²) in [6.07, 6.45) is 0. The van der Waals surface area contributed by atoms with Gasteiger partial charge in [-0.15, -0.1) is 0 Å². The molecule has 1 N–H and O–H groups in total. The van der Waals surface area contributed by atoms with Crippen LogP contribution in [0.2, 0.25) is 0 Å². The largest absolute Gasteiger partial charge is 0.366 e. The maximum atomic E-state index is 12.8. The van der Waals surface area contributed by atoms with Crippen LogP contribution in [0.25, 0.3) is 0 Å². The van der Waals surface area contributed by atoms with Gasteiger partial charge < -0.3 is 15.0 Å². The smallest absolute Gasteiger partial charge is 0.254 e. The molecule has 1 aromatic rings. The van der Waals surface area contributed by atoms with Gasteiger partial charge in [-0.3, -0.25) is 4.79 Å². The molecule has 1 fully saturated rings. The van der Waals surface area contributed by atoms with Crippen LogP contribution in [0.4, 0.5) is 0 Å². The van der Waals surface area contributed by atoms with Crippen molar-refractivity contribution in [1.82, 2.24) is 10.2 Å². The lowest BCUT2D eigenvalue weighted by Crippen LogP contribution is -2.58. The van der Waals surface area contributed by atoms with E-state index in [-0.39, 0.29) is 17.1 Å². The SMILES string of the molecule is CC1(C)CN(C(=O)c2ccc3c(c2)CNC3)CC(C)(C)O1. The molecule has 114 valence electrons. The van der Waals surface area contributed by atoms with E-state index in [1.165, 1.54) is 11.1 Å². The van der Waals surface area contributed by atoms with Gasteiger partial charge in [-0.1, -0.05) is 6.07 Å². The van der Waals surface area contributed by atoms with Crippen LogP contribution in [0.15, 0.2) is 18.2 Å². The molecule has 4 heteroatoms. The molecular weight excluding hydrogens is 264 g/mol. The lowest BCUT2D eigenvalue weighted by Gasteiger charge is -2.47. The average Bonchev–Trinajstić information content (AvgIpc) is 2.81. The molecule has 1 amide bonds. The van der Waals surface area contributed by atoms with Crippen molar-refractivity contribution in [3.8, 4) is 0 Å². The molecule has 0 aromatic heterocycles. The summed E-state index contributed by atoms with van der Waals surface area (Å²) in [6.45, 7) is 11.2. The molecule has 0 saturated carbocycles. The van der Waals surface area contributed by atoms with Gasteiger partial charge in [0, 0.05) is 31.7 Å². The molecule has 21 heavy (non-hydrogen) atoms. The maximum absolute atomic E-state index is 12.8. The average molecular weight is 288 g/mol. The number of rotatable bonds is 1. The highest BCUT2D eigenvalue weighted by atomic mass is 16.5. The minimum absolute atomic E-state index is 0.106. The van der Waals surface area contributed by atoms with Crippen molar-refractivity contribution in [3.05, 3.63) is 34.9 Å². The lowest BCUT2D eigenvalue weighted by atomic mass is 9.97. The number of nitrogens with one attached hydrogen (secondary N) is 1. The molecule has 2 aliphatic rings. The Bertz CT molecular complexity index is 562. The van der Waals surface area contributed by atoms with Gasteiger partial charge in [0.1, 0.15) is 0 Å². The first kappa shape index (κ1) is 14.5. The Hall–Kier alpha value is -1.39. The summed E-state index contributed by atoms with van der Waals surface area (Å²) < 4.78 is 6.05. The molecule has 0 spiro atoms. The highest BCUT2D eigenvalue weighted by Gasteiger charge is 2.40. The number of hydrogen-bond acceptors (Lipinski definition) is 3. The first-order valence-corrected chi connectivity index (χ1v) is 7.58. The zero-order chi connectivity index (χ0) is 15.3. The van der Waals surface area contributed by atoms with Crippen LogP contribution in [-0.2, 0) is 17.8 Å². The van der Waals surface area contributed by atoms with Crippen LogP contribution >= 0.6 is 0 Å². The minimum Gasteiger partial charge on any atom is -0.366 e. The quantitative estimate of drug-likeness (QED) is 0.862. The van der Waals surface area contributed by atoms with Gasteiger partial charge in [0.25, 0.3) is 5.91 Å². The Kier molecular flexibility index (Phi) is 3.34. The number of carbonyl (C=O) groups is 1. The molecule has 0 bridgehead atoms. The molecule has 0 radical (unpaired) electrons. The Morgan fingerprint density at radius 1 is 1.10 bits per heavy atom. The van der Waals surface area contributed by atoms with Crippen LogP contribution in [0.3, 0.4) is 0 Å². The van der Waals surface area contributed by atoms with E-state index in [0.29, 0.717) is 13.1 Å². The molecule has 3 rings (SSSR count). The number of morpholine rings is 1. The van der Waals surface area contributed by atoms with E-state index in [9.17, 15) is 4.79 Å². The van der Waals surface area contributed by atoms with Crippen LogP contribution in [-0.4, -0.2) is 35.1 Å². The standard InChI is InChI=1S/C17H24N2O2/c1-16(2)10-19(11-17(3,4)21-16)15(20)12-5-6-13-8-18-9-14(13)7-12/h5-7,18H,8-11H2,1-4H3. The molecule has 1 aromatic carbocycles. The summed E-state index contributed by atoms with van der Waals surface area (Å²) in [7, 11) is 0. The van der Waals surface area contributed by atoms with Crippen LogP contribution in [0.1, 0.15) is 49.2 Å². The fraction of sp³-hybridized carbons (Fsp3) is 0.588. The molecule has 4 nitrogen and oxygen atoms in total. The van der Waals surface area contributed by atoms with Gasteiger partial charge in [-0.2, -0.15) is 0 Å². The van der Waals surface area contributed by atoms with Gasteiger partial charge in [-0.25, -0.2) is 0 Å². The van der Waals surface area contributed by atoms with E-state index in [1.54, 1.807) is 0 Å². The van der Waals surface area contributed by atoms with Crippen molar-refractivity contribution >= 4 is 5.91 Å². The summed E-state index contributed by atoms with van der Waals surface area (Å²) in [4.78, 5) is 14.7. The second-order valence-electron chi connectivity index (χ2n) is 7.37.